The first-order valence-corrected chi connectivity index (χ1v) is 8.69. The number of hydrogen-bond acceptors (Lipinski definition) is 3. The molecule has 2 unspecified atom stereocenters. The Kier molecular flexibility index (Phi) is 6.56. The van der Waals surface area contributed by atoms with Crippen LogP contribution < -0.4 is 5.32 Å². The molecule has 2 amide bonds. The number of carboxylic acids is 1. The third kappa shape index (κ3) is 5.59. The van der Waals surface area contributed by atoms with Gasteiger partial charge in [-0.15, -0.1) is 0 Å². The first-order chi connectivity index (χ1) is 11.9. The van der Waals surface area contributed by atoms with E-state index in [4.69, 9.17) is 5.11 Å². The Hall–Kier alpha value is -2.37. The molecule has 1 aliphatic heterocycles. The summed E-state index contributed by atoms with van der Waals surface area (Å²) in [5.74, 6) is -1.58. The van der Waals surface area contributed by atoms with Crippen LogP contribution in [0.4, 0.5) is 0 Å². The SMILES string of the molecule is Cc1ccc(CCC(=O)NCC(=O)N2CCC(C(=O)O)C(C)C2)cc1. The van der Waals surface area contributed by atoms with Gasteiger partial charge in [-0.2, -0.15) is 0 Å². The Balaban J connectivity index is 1.71. The number of piperidine rings is 1. The van der Waals surface area contributed by atoms with Crippen LogP contribution in [0.2, 0.25) is 0 Å². The summed E-state index contributed by atoms with van der Waals surface area (Å²) >= 11 is 0. The van der Waals surface area contributed by atoms with E-state index in [1.165, 1.54) is 5.56 Å². The fourth-order valence-corrected chi connectivity index (χ4v) is 3.13. The summed E-state index contributed by atoms with van der Waals surface area (Å²) in [5.41, 5.74) is 2.27. The first-order valence-electron chi connectivity index (χ1n) is 8.69. The van der Waals surface area contributed by atoms with Gasteiger partial charge in [-0.05, 0) is 31.2 Å². The minimum atomic E-state index is -0.802. The summed E-state index contributed by atoms with van der Waals surface area (Å²) in [4.78, 5) is 36.9. The summed E-state index contributed by atoms with van der Waals surface area (Å²) < 4.78 is 0. The average Bonchev–Trinajstić information content (AvgIpc) is 2.58. The molecule has 2 atom stereocenters. The number of carbonyl (C=O) groups is 3. The number of carboxylic acid groups (broad SMARTS) is 1. The first kappa shape index (κ1) is 19.0. The third-order valence-corrected chi connectivity index (χ3v) is 4.77. The number of nitrogens with zero attached hydrogens (tertiary/aromatic N) is 1. The Morgan fingerprint density at radius 3 is 2.52 bits per heavy atom. The van der Waals surface area contributed by atoms with Gasteiger partial charge in [0.1, 0.15) is 0 Å². The van der Waals surface area contributed by atoms with E-state index < -0.39 is 11.9 Å². The maximum absolute atomic E-state index is 12.2. The highest BCUT2D eigenvalue weighted by Gasteiger charge is 2.32. The number of benzene rings is 1. The predicted octanol–water partition coefficient (Wildman–Crippen LogP) is 1.61. The Morgan fingerprint density at radius 1 is 1.24 bits per heavy atom. The van der Waals surface area contributed by atoms with Gasteiger partial charge in [-0.1, -0.05) is 36.8 Å². The van der Waals surface area contributed by atoms with Crippen LogP contribution in [0, 0.1) is 18.8 Å². The van der Waals surface area contributed by atoms with E-state index in [0.717, 1.165) is 5.56 Å². The van der Waals surface area contributed by atoms with E-state index in [2.05, 4.69) is 5.32 Å². The topological polar surface area (TPSA) is 86.7 Å². The van der Waals surface area contributed by atoms with Gasteiger partial charge in [-0.25, -0.2) is 0 Å². The Morgan fingerprint density at radius 2 is 1.92 bits per heavy atom. The maximum Gasteiger partial charge on any atom is 0.306 e. The molecule has 6 heteroatoms. The van der Waals surface area contributed by atoms with Crippen LogP contribution in [0.25, 0.3) is 0 Å². The lowest BCUT2D eigenvalue weighted by atomic mass is 9.87. The third-order valence-electron chi connectivity index (χ3n) is 4.77. The maximum atomic E-state index is 12.2. The van der Waals surface area contributed by atoms with E-state index in [1.54, 1.807) is 4.90 Å². The summed E-state index contributed by atoms with van der Waals surface area (Å²) in [6.07, 6.45) is 1.44. The van der Waals surface area contributed by atoms with Gasteiger partial charge in [0, 0.05) is 19.5 Å². The van der Waals surface area contributed by atoms with Crippen molar-refractivity contribution in [2.75, 3.05) is 19.6 Å². The lowest BCUT2D eigenvalue weighted by Crippen LogP contribution is -2.48. The summed E-state index contributed by atoms with van der Waals surface area (Å²) in [6, 6.07) is 8.03. The van der Waals surface area contributed by atoms with Gasteiger partial charge in [0.25, 0.3) is 0 Å². The van der Waals surface area contributed by atoms with Crippen molar-refractivity contribution in [3.05, 3.63) is 35.4 Å². The smallest absolute Gasteiger partial charge is 0.306 e. The molecule has 0 saturated carbocycles. The van der Waals surface area contributed by atoms with Crippen molar-refractivity contribution >= 4 is 17.8 Å². The van der Waals surface area contributed by atoms with Crippen LogP contribution in [0.15, 0.2) is 24.3 Å². The van der Waals surface area contributed by atoms with E-state index in [0.29, 0.717) is 32.4 Å². The second-order valence-electron chi connectivity index (χ2n) is 6.81. The van der Waals surface area contributed by atoms with Crippen molar-refractivity contribution in [3.8, 4) is 0 Å². The Labute approximate surface area is 148 Å². The molecule has 0 aliphatic carbocycles. The number of carbonyl (C=O) groups excluding carboxylic acids is 2. The van der Waals surface area contributed by atoms with Gasteiger partial charge >= 0.3 is 5.97 Å². The normalized spacial score (nSPS) is 20.2. The molecule has 0 radical (unpaired) electrons. The van der Waals surface area contributed by atoms with Gasteiger partial charge in [-0.3, -0.25) is 14.4 Å². The molecule has 1 saturated heterocycles. The molecule has 0 bridgehead atoms. The van der Waals surface area contributed by atoms with Crippen LogP contribution in [-0.4, -0.2) is 47.4 Å². The monoisotopic (exact) mass is 346 g/mol. The predicted molar refractivity (Wildman–Crippen MR) is 94.0 cm³/mol. The zero-order chi connectivity index (χ0) is 18.4. The number of hydrogen-bond donors (Lipinski definition) is 2. The Bertz CT molecular complexity index is 627. The highest BCUT2D eigenvalue weighted by atomic mass is 16.4. The molecule has 2 N–H and O–H groups in total. The van der Waals surface area contributed by atoms with Crippen molar-refractivity contribution in [2.45, 2.75) is 33.1 Å². The summed E-state index contributed by atoms with van der Waals surface area (Å²) in [7, 11) is 0. The van der Waals surface area contributed by atoms with Crippen LogP contribution in [0.5, 0.6) is 0 Å². The number of aliphatic carboxylic acids is 1. The van der Waals surface area contributed by atoms with Crippen molar-refractivity contribution in [1.29, 1.82) is 0 Å². The molecule has 0 spiro atoms. The van der Waals surface area contributed by atoms with Crippen LogP contribution in [0.3, 0.4) is 0 Å². The van der Waals surface area contributed by atoms with Crippen LogP contribution >= 0.6 is 0 Å². The van der Waals surface area contributed by atoms with Crippen LogP contribution in [0.1, 0.15) is 30.9 Å². The highest BCUT2D eigenvalue weighted by Crippen LogP contribution is 2.23. The fraction of sp³-hybridized carbons (Fsp3) is 0.526. The second kappa shape index (κ2) is 8.65. The van der Waals surface area contributed by atoms with Gasteiger partial charge in [0.05, 0.1) is 12.5 Å². The van der Waals surface area contributed by atoms with Crippen molar-refractivity contribution in [3.63, 3.8) is 0 Å². The lowest BCUT2D eigenvalue weighted by molar-refractivity contribution is -0.148. The largest absolute Gasteiger partial charge is 0.481 e. The zero-order valence-corrected chi connectivity index (χ0v) is 14.8. The molecule has 1 fully saturated rings. The van der Waals surface area contributed by atoms with Crippen LogP contribution in [-0.2, 0) is 20.8 Å². The standard InChI is InChI=1S/C19H26N2O4/c1-13-3-5-15(6-4-13)7-8-17(22)20-11-18(23)21-10-9-16(19(24)25)14(2)12-21/h3-6,14,16H,7-12H2,1-2H3,(H,20,22)(H,24,25). The van der Waals surface area contributed by atoms with E-state index in [-0.39, 0.29) is 24.3 Å². The highest BCUT2D eigenvalue weighted by molar-refractivity contribution is 5.85. The number of likely N-dealkylation sites (tertiary alicyclic amines) is 1. The molecule has 1 aromatic carbocycles. The molecule has 25 heavy (non-hydrogen) atoms. The van der Waals surface area contributed by atoms with Crippen molar-refractivity contribution in [2.24, 2.45) is 11.8 Å². The van der Waals surface area contributed by atoms with E-state index >= 15 is 0 Å². The van der Waals surface area contributed by atoms with Gasteiger partial charge < -0.3 is 15.3 Å². The fourth-order valence-electron chi connectivity index (χ4n) is 3.13. The van der Waals surface area contributed by atoms with E-state index in [1.807, 2.05) is 38.1 Å². The van der Waals surface area contributed by atoms with E-state index in [9.17, 15) is 14.4 Å². The molecule has 6 nitrogen and oxygen atoms in total. The molecule has 1 aromatic rings. The molecular weight excluding hydrogens is 320 g/mol. The summed E-state index contributed by atoms with van der Waals surface area (Å²) in [5, 5.41) is 11.8. The lowest BCUT2D eigenvalue weighted by Gasteiger charge is -2.35. The molecule has 2 rings (SSSR count). The second-order valence-corrected chi connectivity index (χ2v) is 6.81. The number of aryl methyl sites for hydroxylation is 2. The molecule has 136 valence electrons. The molecule has 1 heterocycles. The van der Waals surface area contributed by atoms with Gasteiger partial charge in [0.2, 0.25) is 11.8 Å². The average molecular weight is 346 g/mol. The number of rotatable bonds is 6. The van der Waals surface area contributed by atoms with Crippen molar-refractivity contribution < 1.29 is 19.5 Å². The molecule has 1 aliphatic rings. The van der Waals surface area contributed by atoms with Gasteiger partial charge in [0.15, 0.2) is 0 Å². The molecule has 0 aromatic heterocycles. The quantitative estimate of drug-likeness (QED) is 0.819. The zero-order valence-electron chi connectivity index (χ0n) is 14.8. The number of nitrogens with one attached hydrogen (secondary N) is 1. The minimum Gasteiger partial charge on any atom is -0.481 e. The number of amides is 2. The summed E-state index contributed by atoms with van der Waals surface area (Å²) in [6.45, 7) is 4.69. The van der Waals surface area contributed by atoms with Crippen molar-refractivity contribution in [1.82, 2.24) is 10.2 Å². The molecular formula is C19H26N2O4. The minimum absolute atomic E-state index is 0.0306.